The molecule has 4 heteroatoms. The number of nitrogens with one attached hydrogen (secondary N) is 1. The number of hydrogen-bond acceptors (Lipinski definition) is 2. The minimum Gasteiger partial charge on any atom is -0.356 e. The number of pyridine rings is 1. The maximum Gasteiger partial charge on any atom is 0.216 e. The molecular weight excluding hydrogens is 232 g/mol. The number of rotatable bonds is 3. The van der Waals surface area contributed by atoms with Crippen LogP contribution in [0.15, 0.2) is 22.9 Å². The van der Waals surface area contributed by atoms with Crippen molar-refractivity contribution in [1.82, 2.24) is 10.3 Å². The highest BCUT2D eigenvalue weighted by molar-refractivity contribution is 9.10. The summed E-state index contributed by atoms with van der Waals surface area (Å²) in [5, 5.41) is 2.73. The van der Waals surface area contributed by atoms with Crippen LogP contribution in [0, 0.1) is 0 Å². The van der Waals surface area contributed by atoms with Gasteiger partial charge in [0.05, 0.1) is 0 Å². The average molecular weight is 243 g/mol. The van der Waals surface area contributed by atoms with E-state index in [0.717, 1.165) is 16.5 Å². The molecule has 0 radical (unpaired) electrons. The molecule has 0 spiro atoms. The third-order valence-electron chi connectivity index (χ3n) is 1.55. The second-order valence-electron chi connectivity index (χ2n) is 2.74. The molecule has 3 nitrogen and oxygen atoms in total. The third kappa shape index (κ3) is 4.03. The lowest BCUT2D eigenvalue weighted by Gasteiger charge is -2.01. The number of amides is 1. The van der Waals surface area contributed by atoms with Gasteiger partial charge in [-0.1, -0.05) is 0 Å². The SMILES string of the molecule is CC(=O)NCCc1cncc(Br)c1. The standard InChI is InChI=1S/C9H11BrN2O/c1-7(13)12-3-2-8-4-9(10)6-11-5-8/h4-6H,2-3H2,1H3,(H,12,13). The topological polar surface area (TPSA) is 42.0 Å². The second kappa shape index (κ2) is 4.97. The zero-order valence-corrected chi connectivity index (χ0v) is 8.97. The van der Waals surface area contributed by atoms with Crippen LogP contribution in [0.1, 0.15) is 12.5 Å². The second-order valence-corrected chi connectivity index (χ2v) is 3.66. The minimum atomic E-state index is 0.00274. The summed E-state index contributed by atoms with van der Waals surface area (Å²) in [6, 6.07) is 1.99. The van der Waals surface area contributed by atoms with Crippen molar-refractivity contribution in [3.8, 4) is 0 Å². The highest BCUT2D eigenvalue weighted by Crippen LogP contribution is 2.09. The molecule has 1 aromatic rings. The van der Waals surface area contributed by atoms with Crippen LogP contribution in [-0.2, 0) is 11.2 Å². The Morgan fingerprint density at radius 3 is 3.00 bits per heavy atom. The number of nitrogens with zero attached hydrogens (tertiary/aromatic N) is 1. The van der Waals surface area contributed by atoms with Crippen molar-refractivity contribution in [2.24, 2.45) is 0 Å². The van der Waals surface area contributed by atoms with E-state index in [1.807, 2.05) is 6.07 Å². The predicted octanol–water partition coefficient (Wildman–Crippen LogP) is 1.52. The van der Waals surface area contributed by atoms with Crippen LogP contribution in [0.2, 0.25) is 0 Å². The average Bonchev–Trinajstić information content (AvgIpc) is 2.03. The maximum absolute atomic E-state index is 10.6. The van der Waals surface area contributed by atoms with Gasteiger partial charge in [-0.25, -0.2) is 0 Å². The lowest BCUT2D eigenvalue weighted by atomic mass is 10.2. The largest absolute Gasteiger partial charge is 0.356 e. The Hall–Kier alpha value is -0.900. The molecule has 70 valence electrons. The minimum absolute atomic E-state index is 0.00274. The van der Waals surface area contributed by atoms with Crippen LogP contribution in [-0.4, -0.2) is 17.4 Å². The van der Waals surface area contributed by atoms with Gasteiger partial charge in [-0.2, -0.15) is 0 Å². The van der Waals surface area contributed by atoms with E-state index in [-0.39, 0.29) is 5.91 Å². The van der Waals surface area contributed by atoms with Crippen molar-refractivity contribution in [1.29, 1.82) is 0 Å². The number of carbonyl (C=O) groups excluding carboxylic acids is 1. The number of halogens is 1. The Balaban J connectivity index is 2.41. The highest BCUT2D eigenvalue weighted by Gasteiger charge is 1.95. The molecule has 0 unspecified atom stereocenters. The molecule has 0 saturated carbocycles. The Morgan fingerprint density at radius 1 is 1.62 bits per heavy atom. The van der Waals surface area contributed by atoms with Crippen molar-refractivity contribution >= 4 is 21.8 Å². The quantitative estimate of drug-likeness (QED) is 0.874. The van der Waals surface area contributed by atoms with Crippen LogP contribution in [0.25, 0.3) is 0 Å². The molecule has 13 heavy (non-hydrogen) atoms. The molecule has 0 aromatic carbocycles. The van der Waals surface area contributed by atoms with Gasteiger partial charge in [-0.05, 0) is 34.0 Å². The maximum atomic E-state index is 10.6. The zero-order valence-electron chi connectivity index (χ0n) is 7.38. The normalized spacial score (nSPS) is 9.69. The summed E-state index contributed by atoms with van der Waals surface area (Å²) in [5.41, 5.74) is 1.11. The van der Waals surface area contributed by atoms with Crippen LogP contribution in [0.5, 0.6) is 0 Å². The van der Waals surface area contributed by atoms with Crippen molar-refractivity contribution in [2.45, 2.75) is 13.3 Å². The van der Waals surface area contributed by atoms with Crippen LogP contribution in [0.3, 0.4) is 0 Å². The number of carbonyl (C=O) groups is 1. The summed E-state index contributed by atoms with van der Waals surface area (Å²) in [5.74, 6) is 0.00274. The number of aromatic nitrogens is 1. The molecular formula is C9H11BrN2O. The van der Waals surface area contributed by atoms with Gasteiger partial charge in [-0.3, -0.25) is 9.78 Å². The van der Waals surface area contributed by atoms with Gasteiger partial charge in [0, 0.05) is 30.3 Å². The fourth-order valence-electron chi connectivity index (χ4n) is 0.975. The highest BCUT2D eigenvalue weighted by atomic mass is 79.9. The monoisotopic (exact) mass is 242 g/mol. The van der Waals surface area contributed by atoms with E-state index in [9.17, 15) is 4.79 Å². The molecule has 0 aliphatic carbocycles. The van der Waals surface area contributed by atoms with Gasteiger partial charge in [0.25, 0.3) is 0 Å². The smallest absolute Gasteiger partial charge is 0.216 e. The lowest BCUT2D eigenvalue weighted by molar-refractivity contribution is -0.118. The Morgan fingerprint density at radius 2 is 2.38 bits per heavy atom. The Labute approximate surface area is 85.7 Å². The van der Waals surface area contributed by atoms with E-state index >= 15 is 0 Å². The van der Waals surface area contributed by atoms with E-state index in [1.54, 1.807) is 12.4 Å². The van der Waals surface area contributed by atoms with Crippen molar-refractivity contribution in [3.63, 3.8) is 0 Å². The van der Waals surface area contributed by atoms with Crippen molar-refractivity contribution in [2.75, 3.05) is 6.54 Å². The molecule has 0 aliphatic heterocycles. The molecule has 1 amide bonds. The summed E-state index contributed by atoms with van der Waals surface area (Å²) < 4.78 is 0.966. The zero-order chi connectivity index (χ0) is 9.68. The molecule has 0 fully saturated rings. The van der Waals surface area contributed by atoms with Gasteiger partial charge in [-0.15, -0.1) is 0 Å². The lowest BCUT2D eigenvalue weighted by Crippen LogP contribution is -2.22. The predicted molar refractivity (Wildman–Crippen MR) is 54.3 cm³/mol. The van der Waals surface area contributed by atoms with Crippen molar-refractivity contribution in [3.05, 3.63) is 28.5 Å². The van der Waals surface area contributed by atoms with E-state index in [2.05, 4.69) is 26.2 Å². The van der Waals surface area contributed by atoms with E-state index in [4.69, 9.17) is 0 Å². The summed E-state index contributed by atoms with van der Waals surface area (Å²) >= 11 is 3.33. The summed E-state index contributed by atoms with van der Waals surface area (Å²) in [4.78, 5) is 14.6. The Kier molecular flexibility index (Phi) is 3.89. The summed E-state index contributed by atoms with van der Waals surface area (Å²) in [6.07, 6.45) is 4.35. The van der Waals surface area contributed by atoms with Crippen molar-refractivity contribution < 1.29 is 4.79 Å². The molecule has 1 heterocycles. The van der Waals surface area contributed by atoms with Crippen LogP contribution >= 0.6 is 15.9 Å². The van der Waals surface area contributed by atoms with Gasteiger partial charge in [0.1, 0.15) is 0 Å². The van der Waals surface area contributed by atoms with E-state index in [0.29, 0.717) is 6.54 Å². The molecule has 1 aromatic heterocycles. The third-order valence-corrected chi connectivity index (χ3v) is 1.98. The first kappa shape index (κ1) is 10.2. The van der Waals surface area contributed by atoms with Gasteiger partial charge in [0.15, 0.2) is 0 Å². The molecule has 0 bridgehead atoms. The fraction of sp³-hybridized carbons (Fsp3) is 0.333. The van der Waals surface area contributed by atoms with Gasteiger partial charge >= 0.3 is 0 Å². The first-order valence-electron chi connectivity index (χ1n) is 4.02. The Bertz CT molecular complexity index is 301. The van der Waals surface area contributed by atoms with E-state index < -0.39 is 0 Å². The molecule has 0 aliphatic rings. The molecule has 0 saturated heterocycles. The van der Waals surface area contributed by atoms with E-state index in [1.165, 1.54) is 6.92 Å². The molecule has 1 N–H and O–H groups in total. The summed E-state index contributed by atoms with van der Waals surface area (Å²) in [6.45, 7) is 2.17. The molecule has 1 rings (SSSR count). The molecule has 0 atom stereocenters. The van der Waals surface area contributed by atoms with Gasteiger partial charge in [0.2, 0.25) is 5.91 Å². The summed E-state index contributed by atoms with van der Waals surface area (Å²) in [7, 11) is 0. The fourth-order valence-corrected chi connectivity index (χ4v) is 1.39. The first-order chi connectivity index (χ1) is 6.18. The van der Waals surface area contributed by atoms with Crippen LogP contribution in [0.4, 0.5) is 0 Å². The van der Waals surface area contributed by atoms with Gasteiger partial charge < -0.3 is 5.32 Å². The van der Waals surface area contributed by atoms with Crippen LogP contribution < -0.4 is 5.32 Å². The first-order valence-corrected chi connectivity index (χ1v) is 4.81. The number of hydrogen-bond donors (Lipinski definition) is 1.